The second-order valence-corrected chi connectivity index (χ2v) is 7.02. The summed E-state index contributed by atoms with van der Waals surface area (Å²) in [6, 6.07) is 0. The topological polar surface area (TPSA) is 0 Å². The molecule has 84 valence electrons. The van der Waals surface area contributed by atoms with Crippen LogP contribution in [0.4, 0.5) is 0 Å². The minimum absolute atomic E-state index is 1.17. The van der Waals surface area contributed by atoms with Crippen LogP contribution in [0.15, 0.2) is 0 Å². The SMILES string of the molecule is C1CCC2CC(C3CC4CC4C3)CC2C1. The van der Waals surface area contributed by atoms with Gasteiger partial charge in [-0.15, -0.1) is 0 Å². The fraction of sp³-hybridized carbons (Fsp3) is 1.00. The molecule has 0 aromatic rings. The highest BCUT2D eigenvalue weighted by Crippen LogP contribution is 2.59. The van der Waals surface area contributed by atoms with Crippen molar-refractivity contribution >= 4 is 0 Å². The van der Waals surface area contributed by atoms with Gasteiger partial charge in [0.1, 0.15) is 0 Å². The van der Waals surface area contributed by atoms with Crippen molar-refractivity contribution in [3.05, 3.63) is 0 Å². The Morgan fingerprint density at radius 2 is 0.733 bits per heavy atom. The predicted octanol–water partition coefficient (Wildman–Crippen LogP) is 4.25. The molecule has 4 aliphatic rings. The second-order valence-electron chi connectivity index (χ2n) is 7.02. The van der Waals surface area contributed by atoms with E-state index in [1.54, 1.807) is 57.8 Å². The summed E-state index contributed by atoms with van der Waals surface area (Å²) < 4.78 is 0. The van der Waals surface area contributed by atoms with Crippen LogP contribution >= 0.6 is 0 Å². The average Bonchev–Trinajstić information content (AvgIpc) is 2.76. The molecule has 0 aromatic heterocycles. The molecule has 4 unspecified atom stereocenters. The van der Waals surface area contributed by atoms with E-state index < -0.39 is 0 Å². The van der Waals surface area contributed by atoms with Crippen molar-refractivity contribution < 1.29 is 0 Å². The van der Waals surface area contributed by atoms with Crippen molar-refractivity contribution in [2.75, 3.05) is 0 Å². The Labute approximate surface area is 93.8 Å². The standard InChI is InChI=1S/C15H24/c1-2-4-11-6-12(5-10(11)3-1)13-7-14-9-15(14)8-13/h10-15H,1-9H2. The van der Waals surface area contributed by atoms with E-state index in [0.29, 0.717) is 0 Å². The van der Waals surface area contributed by atoms with Gasteiger partial charge in [-0.25, -0.2) is 0 Å². The third-order valence-corrected chi connectivity index (χ3v) is 6.22. The van der Waals surface area contributed by atoms with Gasteiger partial charge >= 0.3 is 0 Å². The molecule has 0 heteroatoms. The zero-order valence-corrected chi connectivity index (χ0v) is 9.83. The van der Waals surface area contributed by atoms with Crippen LogP contribution in [0.1, 0.15) is 57.8 Å². The van der Waals surface area contributed by atoms with Crippen molar-refractivity contribution in [3.63, 3.8) is 0 Å². The molecule has 0 radical (unpaired) electrons. The van der Waals surface area contributed by atoms with Crippen molar-refractivity contribution in [3.8, 4) is 0 Å². The minimum Gasteiger partial charge on any atom is -0.0530 e. The first-order chi connectivity index (χ1) is 7.40. The summed E-state index contributed by atoms with van der Waals surface area (Å²) in [4.78, 5) is 0. The lowest BCUT2D eigenvalue weighted by Gasteiger charge is -2.24. The van der Waals surface area contributed by atoms with Gasteiger partial charge in [0.15, 0.2) is 0 Å². The van der Waals surface area contributed by atoms with Gasteiger partial charge in [0, 0.05) is 0 Å². The molecule has 0 aromatic carbocycles. The van der Waals surface area contributed by atoms with Crippen LogP contribution in [0.2, 0.25) is 0 Å². The molecule has 0 spiro atoms. The third-order valence-electron chi connectivity index (χ3n) is 6.22. The maximum Gasteiger partial charge on any atom is -0.0380 e. The van der Waals surface area contributed by atoms with E-state index in [2.05, 4.69) is 0 Å². The molecule has 0 saturated heterocycles. The highest BCUT2D eigenvalue weighted by atomic mass is 14.5. The number of fused-ring (bicyclic) bond motifs is 2. The maximum absolute atomic E-state index is 1.63. The molecule has 4 atom stereocenters. The van der Waals surface area contributed by atoms with E-state index in [-0.39, 0.29) is 0 Å². The first-order valence-corrected chi connectivity index (χ1v) is 7.40. The summed E-state index contributed by atoms with van der Waals surface area (Å²) in [6.07, 6.45) is 14.4. The van der Waals surface area contributed by atoms with E-state index >= 15 is 0 Å². The molecule has 4 saturated carbocycles. The average molecular weight is 204 g/mol. The Morgan fingerprint density at radius 3 is 1.13 bits per heavy atom. The van der Waals surface area contributed by atoms with Crippen LogP contribution in [0, 0.1) is 35.5 Å². The zero-order valence-electron chi connectivity index (χ0n) is 9.83. The van der Waals surface area contributed by atoms with Crippen LogP contribution in [-0.2, 0) is 0 Å². The quantitative estimate of drug-likeness (QED) is 0.599. The lowest BCUT2D eigenvalue weighted by atomic mass is 9.82. The smallest absolute Gasteiger partial charge is 0.0380 e. The Balaban J connectivity index is 1.42. The number of rotatable bonds is 1. The molecule has 15 heavy (non-hydrogen) atoms. The number of hydrogen-bond acceptors (Lipinski definition) is 0. The van der Waals surface area contributed by atoms with E-state index in [1.807, 2.05) is 0 Å². The highest BCUT2D eigenvalue weighted by molar-refractivity contribution is 5.00. The van der Waals surface area contributed by atoms with Gasteiger partial charge in [-0.1, -0.05) is 25.7 Å². The predicted molar refractivity (Wildman–Crippen MR) is 62.5 cm³/mol. The Bertz CT molecular complexity index is 233. The van der Waals surface area contributed by atoms with Crippen molar-refractivity contribution in [1.29, 1.82) is 0 Å². The molecule has 0 aliphatic heterocycles. The van der Waals surface area contributed by atoms with Crippen molar-refractivity contribution in [1.82, 2.24) is 0 Å². The summed E-state index contributed by atoms with van der Waals surface area (Å²) in [5, 5.41) is 0. The van der Waals surface area contributed by atoms with Gasteiger partial charge in [0.25, 0.3) is 0 Å². The van der Waals surface area contributed by atoms with E-state index in [4.69, 9.17) is 0 Å². The minimum atomic E-state index is 1.17. The molecule has 0 bridgehead atoms. The summed E-state index contributed by atoms with van der Waals surface area (Å²) in [6.45, 7) is 0. The molecule has 0 nitrogen and oxygen atoms in total. The molecule has 4 fully saturated rings. The van der Waals surface area contributed by atoms with Crippen LogP contribution in [0.25, 0.3) is 0 Å². The van der Waals surface area contributed by atoms with Crippen LogP contribution in [-0.4, -0.2) is 0 Å². The van der Waals surface area contributed by atoms with Crippen LogP contribution < -0.4 is 0 Å². The summed E-state index contributed by atoms with van der Waals surface area (Å²) in [5.41, 5.74) is 0. The zero-order chi connectivity index (χ0) is 9.83. The van der Waals surface area contributed by atoms with E-state index in [1.165, 1.54) is 35.5 Å². The summed E-state index contributed by atoms with van der Waals surface area (Å²) >= 11 is 0. The lowest BCUT2D eigenvalue weighted by molar-refractivity contribution is 0.277. The van der Waals surface area contributed by atoms with Gasteiger partial charge in [-0.3, -0.25) is 0 Å². The summed E-state index contributed by atoms with van der Waals surface area (Å²) in [5.74, 6) is 7.10. The molecular weight excluding hydrogens is 180 g/mol. The van der Waals surface area contributed by atoms with Gasteiger partial charge in [0.2, 0.25) is 0 Å². The molecule has 4 aliphatic carbocycles. The third kappa shape index (κ3) is 1.47. The molecule has 0 amide bonds. The van der Waals surface area contributed by atoms with Gasteiger partial charge in [0.05, 0.1) is 0 Å². The van der Waals surface area contributed by atoms with Crippen molar-refractivity contribution in [2.45, 2.75) is 57.8 Å². The summed E-state index contributed by atoms with van der Waals surface area (Å²) in [7, 11) is 0. The maximum atomic E-state index is 1.63. The Morgan fingerprint density at radius 1 is 0.400 bits per heavy atom. The van der Waals surface area contributed by atoms with Gasteiger partial charge < -0.3 is 0 Å². The largest absolute Gasteiger partial charge is 0.0530 e. The van der Waals surface area contributed by atoms with Gasteiger partial charge in [-0.05, 0) is 67.6 Å². The monoisotopic (exact) mass is 204 g/mol. The Kier molecular flexibility index (Phi) is 1.96. The van der Waals surface area contributed by atoms with Gasteiger partial charge in [-0.2, -0.15) is 0 Å². The molecular formula is C15H24. The van der Waals surface area contributed by atoms with Crippen molar-refractivity contribution in [2.24, 2.45) is 35.5 Å². The molecule has 0 N–H and O–H groups in total. The van der Waals surface area contributed by atoms with Crippen LogP contribution in [0.5, 0.6) is 0 Å². The fourth-order valence-corrected chi connectivity index (χ4v) is 5.31. The Hall–Kier alpha value is 0. The second kappa shape index (κ2) is 3.25. The molecule has 4 rings (SSSR count). The first-order valence-electron chi connectivity index (χ1n) is 7.40. The lowest BCUT2D eigenvalue weighted by Crippen LogP contribution is -2.12. The normalized spacial score (nSPS) is 57.6. The van der Waals surface area contributed by atoms with E-state index in [9.17, 15) is 0 Å². The number of hydrogen-bond donors (Lipinski definition) is 0. The first kappa shape index (κ1) is 9.07. The highest BCUT2D eigenvalue weighted by Gasteiger charge is 2.50. The molecule has 0 heterocycles. The van der Waals surface area contributed by atoms with Crippen LogP contribution in [0.3, 0.4) is 0 Å². The van der Waals surface area contributed by atoms with E-state index in [0.717, 1.165) is 0 Å². The fourth-order valence-electron chi connectivity index (χ4n) is 5.31.